The van der Waals surface area contributed by atoms with Gasteiger partial charge in [0.25, 0.3) is 5.91 Å². The molecule has 0 saturated heterocycles. The molecule has 1 N–H and O–H groups in total. The molecule has 0 radical (unpaired) electrons. The predicted octanol–water partition coefficient (Wildman–Crippen LogP) is 4.87. The van der Waals surface area contributed by atoms with Gasteiger partial charge in [-0.3, -0.25) is 4.79 Å². The number of amides is 1. The molecule has 1 amide bonds. The maximum Gasteiger partial charge on any atom is 0.252 e. The summed E-state index contributed by atoms with van der Waals surface area (Å²) in [6.45, 7) is 8.13. The summed E-state index contributed by atoms with van der Waals surface area (Å²) >= 11 is 3.49. The van der Waals surface area contributed by atoms with Gasteiger partial charge in [-0.1, -0.05) is 35.9 Å². The molecule has 0 bridgehead atoms. The number of carbonyl (C=O) groups excluding carboxylic acids is 1. The van der Waals surface area contributed by atoms with E-state index in [1.807, 2.05) is 32.0 Å². The zero-order chi connectivity index (χ0) is 15.6. The van der Waals surface area contributed by atoms with Crippen molar-refractivity contribution in [2.24, 2.45) is 0 Å². The molecule has 0 aromatic heterocycles. The van der Waals surface area contributed by atoms with Gasteiger partial charge >= 0.3 is 0 Å². The molecule has 0 saturated carbocycles. The summed E-state index contributed by atoms with van der Waals surface area (Å²) in [7, 11) is 0. The number of hydrogen-bond acceptors (Lipinski definition) is 1. The average Bonchev–Trinajstić information content (AvgIpc) is 2.44. The van der Waals surface area contributed by atoms with Crippen molar-refractivity contribution in [3.8, 4) is 0 Å². The van der Waals surface area contributed by atoms with Crippen LogP contribution in [0.25, 0.3) is 0 Å². The molecule has 1 unspecified atom stereocenters. The monoisotopic (exact) mass is 345 g/mol. The minimum absolute atomic E-state index is 0.0233. The van der Waals surface area contributed by atoms with Crippen LogP contribution in [0.4, 0.5) is 0 Å². The highest BCUT2D eigenvalue weighted by atomic mass is 79.9. The van der Waals surface area contributed by atoms with Crippen molar-refractivity contribution in [3.63, 3.8) is 0 Å². The number of nitrogens with one attached hydrogen (secondary N) is 1. The Labute approximate surface area is 134 Å². The lowest BCUT2D eigenvalue weighted by atomic mass is 9.99. The van der Waals surface area contributed by atoms with Gasteiger partial charge in [-0.25, -0.2) is 0 Å². The second kappa shape index (κ2) is 6.44. The Hall–Kier alpha value is -1.61. The van der Waals surface area contributed by atoms with Crippen LogP contribution in [0.3, 0.4) is 0 Å². The molecule has 0 fully saturated rings. The second-order valence-corrected chi connectivity index (χ2v) is 6.28. The van der Waals surface area contributed by atoms with E-state index in [0.717, 1.165) is 15.6 Å². The summed E-state index contributed by atoms with van der Waals surface area (Å²) in [4.78, 5) is 12.5. The third-order valence-electron chi connectivity index (χ3n) is 3.69. The van der Waals surface area contributed by atoms with Crippen LogP contribution < -0.4 is 5.32 Å². The van der Waals surface area contributed by atoms with Crippen LogP contribution in [0.15, 0.2) is 40.9 Å². The van der Waals surface area contributed by atoms with E-state index in [-0.39, 0.29) is 11.9 Å². The van der Waals surface area contributed by atoms with Gasteiger partial charge in [0.15, 0.2) is 0 Å². The van der Waals surface area contributed by atoms with Gasteiger partial charge < -0.3 is 5.32 Å². The Balaban J connectivity index is 2.23. The summed E-state index contributed by atoms with van der Waals surface area (Å²) in [6, 6.07) is 12.0. The normalized spacial score (nSPS) is 12.0. The van der Waals surface area contributed by atoms with E-state index in [2.05, 4.69) is 53.3 Å². The highest BCUT2D eigenvalue weighted by Gasteiger charge is 2.16. The molecule has 0 heterocycles. The molecule has 2 nitrogen and oxygen atoms in total. The smallest absolute Gasteiger partial charge is 0.252 e. The first-order chi connectivity index (χ1) is 9.90. The molecule has 3 heteroatoms. The fraction of sp³-hybridized carbons (Fsp3) is 0.278. The van der Waals surface area contributed by atoms with Crippen LogP contribution in [0.2, 0.25) is 0 Å². The minimum atomic E-state index is -0.0565. The minimum Gasteiger partial charge on any atom is -0.345 e. The zero-order valence-electron chi connectivity index (χ0n) is 12.8. The van der Waals surface area contributed by atoms with E-state index in [1.165, 1.54) is 11.1 Å². The fourth-order valence-electron chi connectivity index (χ4n) is 2.40. The van der Waals surface area contributed by atoms with Crippen LogP contribution in [0, 0.1) is 20.8 Å². The lowest BCUT2D eigenvalue weighted by Gasteiger charge is -2.18. The maximum absolute atomic E-state index is 12.5. The summed E-state index contributed by atoms with van der Waals surface area (Å²) in [5.41, 5.74) is 5.28. The van der Waals surface area contributed by atoms with Crippen molar-refractivity contribution in [2.75, 3.05) is 0 Å². The van der Waals surface area contributed by atoms with E-state index < -0.39 is 0 Å². The molecular formula is C18H20BrNO. The Morgan fingerprint density at radius 3 is 2.52 bits per heavy atom. The Bertz CT molecular complexity index is 679. The van der Waals surface area contributed by atoms with Crippen LogP contribution >= 0.6 is 15.9 Å². The van der Waals surface area contributed by atoms with Gasteiger partial charge in [-0.15, -0.1) is 0 Å². The lowest BCUT2D eigenvalue weighted by molar-refractivity contribution is 0.0939. The van der Waals surface area contributed by atoms with Crippen molar-refractivity contribution in [3.05, 3.63) is 68.7 Å². The molecule has 21 heavy (non-hydrogen) atoms. The summed E-state index contributed by atoms with van der Waals surface area (Å²) in [5, 5.41) is 3.08. The number of carbonyl (C=O) groups is 1. The summed E-state index contributed by atoms with van der Waals surface area (Å²) < 4.78 is 0.857. The number of benzene rings is 2. The van der Waals surface area contributed by atoms with Crippen molar-refractivity contribution in [1.82, 2.24) is 5.32 Å². The average molecular weight is 346 g/mol. The van der Waals surface area contributed by atoms with Gasteiger partial charge in [0.05, 0.1) is 11.6 Å². The van der Waals surface area contributed by atoms with Crippen molar-refractivity contribution in [2.45, 2.75) is 33.7 Å². The van der Waals surface area contributed by atoms with E-state index in [0.29, 0.717) is 5.56 Å². The van der Waals surface area contributed by atoms with E-state index in [4.69, 9.17) is 0 Å². The first-order valence-electron chi connectivity index (χ1n) is 7.03. The molecule has 2 aromatic rings. The van der Waals surface area contributed by atoms with E-state index in [9.17, 15) is 4.79 Å². The number of hydrogen-bond donors (Lipinski definition) is 1. The van der Waals surface area contributed by atoms with Crippen LogP contribution in [0.1, 0.15) is 45.6 Å². The largest absolute Gasteiger partial charge is 0.345 e. The topological polar surface area (TPSA) is 29.1 Å². The summed E-state index contributed by atoms with van der Waals surface area (Å²) in [6.07, 6.45) is 0. The third kappa shape index (κ3) is 3.53. The van der Waals surface area contributed by atoms with Gasteiger partial charge in [0.2, 0.25) is 0 Å². The summed E-state index contributed by atoms with van der Waals surface area (Å²) in [5.74, 6) is -0.0565. The van der Waals surface area contributed by atoms with Gasteiger partial charge in [-0.2, -0.15) is 0 Å². The Kier molecular flexibility index (Phi) is 4.84. The fourth-order valence-corrected chi connectivity index (χ4v) is 2.85. The van der Waals surface area contributed by atoms with Crippen molar-refractivity contribution >= 4 is 21.8 Å². The standard InChI is InChI=1S/C18H20BrNO/c1-11-8-9-12(2)16(10-11)14(4)20-18(21)15-7-5-6-13(3)17(15)19/h5-10,14H,1-4H3,(H,20,21). The molecule has 0 aliphatic carbocycles. The number of rotatable bonds is 3. The second-order valence-electron chi connectivity index (χ2n) is 5.49. The van der Waals surface area contributed by atoms with Gasteiger partial charge in [-0.05, 0) is 66.4 Å². The molecule has 110 valence electrons. The first-order valence-corrected chi connectivity index (χ1v) is 7.82. The predicted molar refractivity (Wildman–Crippen MR) is 90.7 cm³/mol. The highest BCUT2D eigenvalue weighted by molar-refractivity contribution is 9.10. The molecular weight excluding hydrogens is 326 g/mol. The van der Waals surface area contributed by atoms with E-state index >= 15 is 0 Å². The Morgan fingerprint density at radius 1 is 1.10 bits per heavy atom. The van der Waals surface area contributed by atoms with Gasteiger partial charge in [0, 0.05) is 4.47 Å². The molecule has 2 aromatic carbocycles. The highest BCUT2D eigenvalue weighted by Crippen LogP contribution is 2.23. The first kappa shape index (κ1) is 15.8. The van der Waals surface area contributed by atoms with Crippen molar-refractivity contribution < 1.29 is 4.79 Å². The molecule has 2 rings (SSSR count). The zero-order valence-corrected chi connectivity index (χ0v) is 14.4. The Morgan fingerprint density at radius 2 is 1.81 bits per heavy atom. The maximum atomic E-state index is 12.5. The molecule has 0 spiro atoms. The van der Waals surface area contributed by atoms with Crippen LogP contribution in [-0.2, 0) is 0 Å². The number of halogens is 1. The van der Waals surface area contributed by atoms with Crippen LogP contribution in [-0.4, -0.2) is 5.91 Å². The molecule has 0 aliphatic rings. The van der Waals surface area contributed by atoms with E-state index in [1.54, 1.807) is 0 Å². The molecule has 1 atom stereocenters. The van der Waals surface area contributed by atoms with Gasteiger partial charge in [0.1, 0.15) is 0 Å². The quantitative estimate of drug-likeness (QED) is 0.844. The number of aryl methyl sites for hydroxylation is 3. The van der Waals surface area contributed by atoms with Crippen LogP contribution in [0.5, 0.6) is 0 Å². The third-order valence-corrected chi connectivity index (χ3v) is 4.74. The SMILES string of the molecule is Cc1ccc(C)c(C(C)NC(=O)c2cccc(C)c2Br)c1. The van der Waals surface area contributed by atoms with Crippen molar-refractivity contribution in [1.29, 1.82) is 0 Å². The molecule has 0 aliphatic heterocycles. The lowest BCUT2D eigenvalue weighted by Crippen LogP contribution is -2.27.